The Labute approximate surface area is 125 Å². The van der Waals surface area contributed by atoms with Crippen molar-refractivity contribution in [1.29, 1.82) is 0 Å². The van der Waals surface area contributed by atoms with Gasteiger partial charge in [0.05, 0.1) is 0 Å². The van der Waals surface area contributed by atoms with Crippen molar-refractivity contribution in [3.8, 4) is 0 Å². The maximum Gasteiger partial charge on any atom is 0.126 e. The summed E-state index contributed by atoms with van der Waals surface area (Å²) < 4.78 is 27.6. The lowest BCUT2D eigenvalue weighted by molar-refractivity contribution is 0.458. The number of nitrogens with one attached hydrogen (secondary N) is 1. The highest BCUT2D eigenvalue weighted by molar-refractivity contribution is 5.21. The molecule has 0 bridgehead atoms. The van der Waals surface area contributed by atoms with Gasteiger partial charge in [-0.2, -0.15) is 0 Å². The number of benzene rings is 2. The zero-order valence-electron chi connectivity index (χ0n) is 12.3. The van der Waals surface area contributed by atoms with Gasteiger partial charge in [-0.1, -0.05) is 43.3 Å². The van der Waals surface area contributed by atoms with Crippen molar-refractivity contribution < 1.29 is 8.78 Å². The van der Waals surface area contributed by atoms with E-state index in [4.69, 9.17) is 0 Å². The van der Waals surface area contributed by atoms with Gasteiger partial charge in [-0.25, -0.2) is 8.78 Å². The molecule has 1 N–H and O–H groups in total. The predicted molar refractivity (Wildman–Crippen MR) is 82.2 cm³/mol. The summed E-state index contributed by atoms with van der Waals surface area (Å²) in [4.78, 5) is 0. The van der Waals surface area contributed by atoms with E-state index < -0.39 is 0 Å². The summed E-state index contributed by atoms with van der Waals surface area (Å²) in [5.41, 5.74) is 1.38. The van der Waals surface area contributed by atoms with E-state index in [0.717, 1.165) is 13.1 Å². The summed E-state index contributed by atoms with van der Waals surface area (Å²) in [6, 6.07) is 13.6. The van der Waals surface area contributed by atoms with Crippen LogP contribution in [0.4, 0.5) is 8.78 Å². The predicted octanol–water partition coefficient (Wildman–Crippen LogP) is 3.98. The molecule has 0 fully saturated rings. The van der Waals surface area contributed by atoms with Gasteiger partial charge in [0.25, 0.3) is 0 Å². The molecule has 0 aromatic heterocycles. The molecular formula is C18H21F2N. The van der Waals surface area contributed by atoms with Crippen LogP contribution < -0.4 is 5.32 Å². The summed E-state index contributed by atoms with van der Waals surface area (Å²) in [6.07, 6.45) is 1.21. The van der Waals surface area contributed by atoms with Gasteiger partial charge >= 0.3 is 0 Å². The molecule has 0 amide bonds. The van der Waals surface area contributed by atoms with Gasteiger partial charge in [-0.15, -0.1) is 0 Å². The van der Waals surface area contributed by atoms with Crippen molar-refractivity contribution >= 4 is 0 Å². The molecule has 0 heterocycles. The van der Waals surface area contributed by atoms with Gasteiger partial charge in [0, 0.05) is 0 Å². The molecule has 0 saturated heterocycles. The highest BCUT2D eigenvalue weighted by Crippen LogP contribution is 2.18. The lowest BCUT2D eigenvalue weighted by Crippen LogP contribution is -2.26. The summed E-state index contributed by atoms with van der Waals surface area (Å²) in [5.74, 6) is -0.209. The SMILES string of the molecule is CCNCC(Cc1ccccc1F)Cc1ccccc1F. The number of hydrogen-bond acceptors (Lipinski definition) is 1. The third-order valence-corrected chi connectivity index (χ3v) is 3.62. The van der Waals surface area contributed by atoms with Crippen LogP contribution in [0.25, 0.3) is 0 Å². The second-order valence-electron chi connectivity index (χ2n) is 5.26. The molecular weight excluding hydrogens is 268 g/mol. The first-order valence-electron chi connectivity index (χ1n) is 7.38. The Balaban J connectivity index is 2.11. The molecule has 0 spiro atoms. The normalized spacial score (nSPS) is 11.0. The summed E-state index contributed by atoms with van der Waals surface area (Å²) in [6.45, 7) is 3.63. The standard InChI is InChI=1S/C18H21F2N/c1-2-21-13-14(11-15-7-3-5-9-17(15)19)12-16-8-4-6-10-18(16)20/h3-10,14,21H,2,11-13H2,1H3. The molecule has 21 heavy (non-hydrogen) atoms. The molecule has 0 radical (unpaired) electrons. The fourth-order valence-corrected chi connectivity index (χ4v) is 2.51. The highest BCUT2D eigenvalue weighted by Gasteiger charge is 2.14. The van der Waals surface area contributed by atoms with E-state index >= 15 is 0 Å². The number of rotatable bonds is 7. The molecule has 0 aliphatic rings. The van der Waals surface area contributed by atoms with E-state index in [1.54, 1.807) is 24.3 Å². The van der Waals surface area contributed by atoms with Crippen LogP contribution in [0.5, 0.6) is 0 Å². The number of halogens is 2. The Morgan fingerprint density at radius 2 is 1.33 bits per heavy atom. The summed E-state index contributed by atoms with van der Waals surface area (Å²) in [5, 5.41) is 3.28. The van der Waals surface area contributed by atoms with E-state index in [2.05, 4.69) is 5.32 Å². The minimum absolute atomic E-state index is 0.166. The van der Waals surface area contributed by atoms with Crippen LogP contribution in [0, 0.1) is 17.6 Å². The van der Waals surface area contributed by atoms with Gasteiger partial charge in [0.1, 0.15) is 11.6 Å². The fourth-order valence-electron chi connectivity index (χ4n) is 2.51. The van der Waals surface area contributed by atoms with Crippen LogP contribution >= 0.6 is 0 Å². The molecule has 112 valence electrons. The molecule has 3 heteroatoms. The zero-order chi connectivity index (χ0) is 15.1. The molecule has 2 aromatic rings. The molecule has 0 aliphatic heterocycles. The maximum absolute atomic E-state index is 13.8. The summed E-state index contributed by atoms with van der Waals surface area (Å²) in [7, 11) is 0. The lowest BCUT2D eigenvalue weighted by Gasteiger charge is -2.18. The van der Waals surface area contributed by atoms with E-state index in [1.807, 2.05) is 19.1 Å². The molecule has 2 aromatic carbocycles. The van der Waals surface area contributed by atoms with E-state index in [-0.39, 0.29) is 17.6 Å². The quantitative estimate of drug-likeness (QED) is 0.813. The first-order chi connectivity index (χ1) is 10.2. The van der Waals surface area contributed by atoms with Crippen molar-refractivity contribution in [2.75, 3.05) is 13.1 Å². The monoisotopic (exact) mass is 289 g/mol. The van der Waals surface area contributed by atoms with Gasteiger partial charge in [0.15, 0.2) is 0 Å². The maximum atomic E-state index is 13.8. The van der Waals surface area contributed by atoms with Crippen molar-refractivity contribution in [3.05, 3.63) is 71.3 Å². The van der Waals surface area contributed by atoms with E-state index in [1.165, 1.54) is 12.1 Å². The molecule has 0 aliphatic carbocycles. The Morgan fingerprint density at radius 3 is 1.76 bits per heavy atom. The van der Waals surface area contributed by atoms with Crippen LogP contribution in [0.2, 0.25) is 0 Å². The average Bonchev–Trinajstić information content (AvgIpc) is 2.49. The molecule has 0 unspecified atom stereocenters. The highest BCUT2D eigenvalue weighted by atomic mass is 19.1. The lowest BCUT2D eigenvalue weighted by atomic mass is 9.92. The fraction of sp³-hybridized carbons (Fsp3) is 0.333. The second kappa shape index (κ2) is 7.89. The minimum atomic E-state index is -0.187. The van der Waals surface area contributed by atoms with Crippen molar-refractivity contribution in [2.45, 2.75) is 19.8 Å². The van der Waals surface area contributed by atoms with Gasteiger partial charge < -0.3 is 5.32 Å². The number of hydrogen-bond donors (Lipinski definition) is 1. The van der Waals surface area contributed by atoms with Crippen molar-refractivity contribution in [2.24, 2.45) is 5.92 Å². The second-order valence-corrected chi connectivity index (χ2v) is 5.26. The van der Waals surface area contributed by atoms with Gasteiger partial charge in [0.2, 0.25) is 0 Å². The van der Waals surface area contributed by atoms with Gasteiger partial charge in [-0.05, 0) is 55.1 Å². The van der Waals surface area contributed by atoms with E-state index in [9.17, 15) is 8.78 Å². The minimum Gasteiger partial charge on any atom is -0.317 e. The molecule has 0 saturated carbocycles. The molecule has 2 rings (SSSR count). The Hall–Kier alpha value is -1.74. The van der Waals surface area contributed by atoms with Crippen molar-refractivity contribution in [3.63, 3.8) is 0 Å². The Kier molecular flexibility index (Phi) is 5.88. The van der Waals surface area contributed by atoms with Crippen molar-refractivity contribution in [1.82, 2.24) is 5.32 Å². The first-order valence-corrected chi connectivity index (χ1v) is 7.38. The third-order valence-electron chi connectivity index (χ3n) is 3.62. The van der Waals surface area contributed by atoms with Crippen LogP contribution in [-0.4, -0.2) is 13.1 Å². The third kappa shape index (κ3) is 4.64. The van der Waals surface area contributed by atoms with Gasteiger partial charge in [-0.3, -0.25) is 0 Å². The molecule has 0 atom stereocenters. The largest absolute Gasteiger partial charge is 0.317 e. The Bertz CT molecular complexity index is 521. The van der Waals surface area contributed by atoms with Crippen LogP contribution in [0.15, 0.2) is 48.5 Å². The Morgan fingerprint density at radius 1 is 0.857 bits per heavy atom. The van der Waals surface area contributed by atoms with Crippen LogP contribution in [-0.2, 0) is 12.8 Å². The van der Waals surface area contributed by atoms with E-state index in [0.29, 0.717) is 24.0 Å². The first kappa shape index (κ1) is 15.6. The smallest absolute Gasteiger partial charge is 0.126 e. The summed E-state index contributed by atoms with van der Waals surface area (Å²) >= 11 is 0. The topological polar surface area (TPSA) is 12.0 Å². The van der Waals surface area contributed by atoms with Crippen LogP contribution in [0.1, 0.15) is 18.1 Å². The average molecular weight is 289 g/mol. The van der Waals surface area contributed by atoms with Crippen LogP contribution in [0.3, 0.4) is 0 Å². The molecule has 1 nitrogen and oxygen atoms in total. The zero-order valence-corrected chi connectivity index (χ0v) is 12.3.